The Labute approximate surface area is 119 Å². The molecule has 0 atom stereocenters. The Morgan fingerprint density at radius 3 is 2.05 bits per heavy atom. The van der Waals surface area contributed by atoms with Crippen molar-refractivity contribution in [3.63, 3.8) is 0 Å². The number of benzene rings is 1. The Balaban J connectivity index is 1.99. The fourth-order valence-electron chi connectivity index (χ4n) is 2.22. The van der Waals surface area contributed by atoms with Crippen molar-refractivity contribution in [3.8, 4) is 0 Å². The van der Waals surface area contributed by atoms with E-state index in [9.17, 15) is 9.50 Å². The molecule has 0 unspecified atom stereocenters. The van der Waals surface area contributed by atoms with E-state index in [2.05, 4.69) is 20.2 Å². The molecule has 7 nitrogen and oxygen atoms in total. The average Bonchev–Trinajstić information content (AvgIpc) is 3.13. The van der Waals surface area contributed by atoms with Crippen LogP contribution in [0.1, 0.15) is 5.56 Å². The number of aromatic nitrogens is 6. The number of aliphatic hydroxyl groups is 1. The molecule has 1 N–H and O–H groups in total. The van der Waals surface area contributed by atoms with Gasteiger partial charge in [0, 0.05) is 5.56 Å². The molecule has 0 saturated heterocycles. The monoisotopic (exact) mass is 288 g/mol. The maximum absolute atomic E-state index is 14.1. The number of nitrogens with zero attached hydrogens (tertiary/aromatic N) is 6. The van der Waals surface area contributed by atoms with Crippen LogP contribution in [0, 0.1) is 5.82 Å². The van der Waals surface area contributed by atoms with Gasteiger partial charge in [0.25, 0.3) is 0 Å². The van der Waals surface area contributed by atoms with Crippen molar-refractivity contribution in [1.29, 1.82) is 0 Å². The molecule has 0 saturated carbocycles. The zero-order chi connectivity index (χ0) is 14.7. The summed E-state index contributed by atoms with van der Waals surface area (Å²) in [6, 6.07) is 6.10. The predicted octanol–water partition coefficient (Wildman–Crippen LogP) is 0.597. The second-order valence-corrected chi connectivity index (χ2v) is 4.70. The van der Waals surface area contributed by atoms with Crippen LogP contribution in [0.15, 0.2) is 49.6 Å². The zero-order valence-electron chi connectivity index (χ0n) is 11.0. The SMILES string of the molecule is OC(Cn1cncn1)(Cn1cncn1)c1ccccc1F. The lowest BCUT2D eigenvalue weighted by Crippen LogP contribution is -2.37. The number of rotatable bonds is 5. The van der Waals surface area contributed by atoms with E-state index in [4.69, 9.17) is 0 Å². The fourth-order valence-corrected chi connectivity index (χ4v) is 2.22. The highest BCUT2D eigenvalue weighted by Crippen LogP contribution is 2.27. The number of hydrogen-bond acceptors (Lipinski definition) is 5. The van der Waals surface area contributed by atoms with Gasteiger partial charge in [0.05, 0.1) is 13.1 Å². The molecule has 0 spiro atoms. The molecule has 108 valence electrons. The van der Waals surface area contributed by atoms with E-state index in [0.29, 0.717) is 0 Å². The Morgan fingerprint density at radius 1 is 1.00 bits per heavy atom. The van der Waals surface area contributed by atoms with E-state index in [1.807, 2.05) is 0 Å². The van der Waals surface area contributed by atoms with Gasteiger partial charge in [-0.1, -0.05) is 18.2 Å². The molecule has 2 aromatic heterocycles. The minimum Gasteiger partial charge on any atom is -0.381 e. The second-order valence-electron chi connectivity index (χ2n) is 4.70. The van der Waals surface area contributed by atoms with Crippen LogP contribution in [-0.2, 0) is 18.7 Å². The summed E-state index contributed by atoms with van der Waals surface area (Å²) >= 11 is 0. The van der Waals surface area contributed by atoms with E-state index < -0.39 is 11.4 Å². The van der Waals surface area contributed by atoms with Crippen LogP contribution in [0.2, 0.25) is 0 Å². The topological polar surface area (TPSA) is 81.6 Å². The van der Waals surface area contributed by atoms with Gasteiger partial charge in [0.1, 0.15) is 36.7 Å². The smallest absolute Gasteiger partial charge is 0.137 e. The number of hydrogen-bond donors (Lipinski definition) is 1. The van der Waals surface area contributed by atoms with Crippen molar-refractivity contribution in [3.05, 3.63) is 61.0 Å². The van der Waals surface area contributed by atoms with Crippen molar-refractivity contribution in [2.75, 3.05) is 0 Å². The van der Waals surface area contributed by atoms with E-state index in [-0.39, 0.29) is 18.7 Å². The summed E-state index contributed by atoms with van der Waals surface area (Å²) < 4.78 is 17.0. The molecule has 21 heavy (non-hydrogen) atoms. The highest BCUT2D eigenvalue weighted by Gasteiger charge is 2.34. The van der Waals surface area contributed by atoms with E-state index in [0.717, 1.165) is 0 Å². The van der Waals surface area contributed by atoms with Crippen molar-refractivity contribution in [2.45, 2.75) is 18.7 Å². The van der Waals surface area contributed by atoms with Crippen molar-refractivity contribution in [1.82, 2.24) is 29.5 Å². The molecule has 2 heterocycles. The Kier molecular flexibility index (Phi) is 3.44. The third-order valence-electron chi connectivity index (χ3n) is 3.16. The van der Waals surface area contributed by atoms with E-state index in [1.165, 1.54) is 40.7 Å². The molecule has 0 aliphatic carbocycles. The van der Waals surface area contributed by atoms with Crippen LogP contribution in [0.3, 0.4) is 0 Å². The summed E-state index contributed by atoms with van der Waals surface area (Å²) in [5.41, 5.74) is -1.34. The molecular weight excluding hydrogens is 275 g/mol. The van der Waals surface area contributed by atoms with Crippen LogP contribution >= 0.6 is 0 Å². The Hall–Kier alpha value is -2.61. The molecule has 0 bridgehead atoms. The minimum atomic E-state index is -1.52. The van der Waals surface area contributed by atoms with Crippen LogP contribution in [0.4, 0.5) is 4.39 Å². The lowest BCUT2D eigenvalue weighted by molar-refractivity contribution is -0.00847. The summed E-state index contributed by atoms with van der Waals surface area (Å²) in [6.45, 7) is 0.0988. The first-order valence-corrected chi connectivity index (χ1v) is 6.30. The van der Waals surface area contributed by atoms with Crippen molar-refractivity contribution in [2.24, 2.45) is 0 Å². The van der Waals surface area contributed by atoms with Crippen LogP contribution in [0.25, 0.3) is 0 Å². The zero-order valence-corrected chi connectivity index (χ0v) is 11.0. The Bertz CT molecular complexity index is 661. The Morgan fingerprint density at radius 2 is 1.57 bits per heavy atom. The van der Waals surface area contributed by atoms with Gasteiger partial charge in [0.15, 0.2) is 0 Å². The first-order valence-electron chi connectivity index (χ1n) is 6.30. The quantitative estimate of drug-likeness (QED) is 0.743. The largest absolute Gasteiger partial charge is 0.381 e. The van der Waals surface area contributed by atoms with Crippen molar-refractivity contribution >= 4 is 0 Å². The van der Waals surface area contributed by atoms with Gasteiger partial charge >= 0.3 is 0 Å². The standard InChI is InChI=1S/C13H13FN6O/c14-12-4-2-1-3-11(12)13(21,5-19-9-15-7-17-19)6-20-10-16-8-18-20/h1-4,7-10,21H,5-6H2. The van der Waals surface area contributed by atoms with Crippen LogP contribution in [0.5, 0.6) is 0 Å². The summed E-state index contributed by atoms with van der Waals surface area (Å²) in [7, 11) is 0. The molecule has 3 aromatic rings. The molecule has 8 heteroatoms. The third-order valence-corrected chi connectivity index (χ3v) is 3.16. The van der Waals surface area contributed by atoms with E-state index in [1.54, 1.807) is 18.2 Å². The first-order chi connectivity index (χ1) is 10.2. The molecule has 1 aromatic carbocycles. The van der Waals surface area contributed by atoms with Crippen molar-refractivity contribution < 1.29 is 9.50 Å². The fraction of sp³-hybridized carbons (Fsp3) is 0.231. The summed E-state index contributed by atoms with van der Waals surface area (Å²) in [5, 5.41) is 18.9. The lowest BCUT2D eigenvalue weighted by atomic mass is 9.93. The van der Waals surface area contributed by atoms with Gasteiger partial charge in [-0.25, -0.2) is 23.7 Å². The first kappa shape index (κ1) is 13.4. The molecule has 0 aliphatic heterocycles. The summed E-state index contributed by atoms with van der Waals surface area (Å²) in [4.78, 5) is 7.66. The van der Waals surface area contributed by atoms with Gasteiger partial charge < -0.3 is 5.11 Å². The third kappa shape index (κ3) is 2.79. The van der Waals surface area contributed by atoms with Gasteiger partial charge in [-0.15, -0.1) is 0 Å². The van der Waals surface area contributed by atoms with Gasteiger partial charge in [-0.2, -0.15) is 10.2 Å². The van der Waals surface area contributed by atoms with Crippen LogP contribution in [-0.4, -0.2) is 34.6 Å². The maximum atomic E-state index is 14.1. The molecule has 0 radical (unpaired) electrons. The number of halogens is 1. The molecule has 0 aliphatic rings. The van der Waals surface area contributed by atoms with Gasteiger partial charge in [0.2, 0.25) is 0 Å². The summed E-state index contributed by atoms with van der Waals surface area (Å²) in [5.74, 6) is -0.486. The van der Waals surface area contributed by atoms with Gasteiger partial charge in [-0.05, 0) is 6.07 Å². The minimum absolute atomic E-state index is 0.0494. The second kappa shape index (κ2) is 5.41. The van der Waals surface area contributed by atoms with Crippen LogP contribution < -0.4 is 0 Å². The molecular formula is C13H13FN6O. The van der Waals surface area contributed by atoms with E-state index >= 15 is 0 Å². The highest BCUT2D eigenvalue weighted by atomic mass is 19.1. The highest BCUT2D eigenvalue weighted by molar-refractivity contribution is 5.24. The normalized spacial score (nSPS) is 11.7. The predicted molar refractivity (Wildman–Crippen MR) is 70.3 cm³/mol. The lowest BCUT2D eigenvalue weighted by Gasteiger charge is -2.28. The molecule has 0 amide bonds. The summed E-state index contributed by atoms with van der Waals surface area (Å²) in [6.07, 6.45) is 5.65. The average molecular weight is 288 g/mol. The molecule has 0 fully saturated rings. The van der Waals surface area contributed by atoms with Gasteiger partial charge in [-0.3, -0.25) is 0 Å². The molecule has 3 rings (SSSR count). The maximum Gasteiger partial charge on any atom is 0.137 e.